The molecule has 3 heteroatoms. The molecule has 2 saturated heterocycles. The minimum atomic E-state index is -0.0813. The van der Waals surface area contributed by atoms with Gasteiger partial charge in [-0.15, -0.1) is 0 Å². The fourth-order valence-corrected chi connectivity index (χ4v) is 3.87. The van der Waals surface area contributed by atoms with Crippen LogP contribution < -0.4 is 5.73 Å². The number of amides is 1. The number of hydrogen-bond acceptors (Lipinski definition) is 2. The highest BCUT2D eigenvalue weighted by Gasteiger charge is 2.36. The lowest BCUT2D eigenvalue weighted by Gasteiger charge is -2.24. The Hall–Kier alpha value is -0.180. The maximum absolute atomic E-state index is 10.9. The maximum Gasteiger partial charge on any atom is 0.220 e. The van der Waals surface area contributed by atoms with Crippen LogP contribution in [0.25, 0.3) is 0 Å². The molecular formula is C8H13NOS. The van der Waals surface area contributed by atoms with Crippen molar-refractivity contribution in [1.82, 2.24) is 0 Å². The van der Waals surface area contributed by atoms with Crippen molar-refractivity contribution in [3.63, 3.8) is 0 Å². The Bertz CT molecular complexity index is 171. The molecule has 2 fully saturated rings. The maximum atomic E-state index is 10.9. The Morgan fingerprint density at radius 2 is 1.82 bits per heavy atom. The molecule has 2 bridgehead atoms. The average molecular weight is 171 g/mol. The van der Waals surface area contributed by atoms with E-state index < -0.39 is 0 Å². The quantitative estimate of drug-likeness (QED) is 0.643. The molecule has 0 radical (unpaired) electrons. The van der Waals surface area contributed by atoms with Crippen molar-refractivity contribution in [3.8, 4) is 0 Å². The lowest BCUT2D eigenvalue weighted by molar-refractivity contribution is -0.122. The van der Waals surface area contributed by atoms with Crippen molar-refractivity contribution in [3.05, 3.63) is 0 Å². The van der Waals surface area contributed by atoms with E-state index in [1.807, 2.05) is 0 Å². The predicted octanol–water partition coefficient (Wildman–Crippen LogP) is 1.15. The molecule has 11 heavy (non-hydrogen) atoms. The first kappa shape index (κ1) is 7.47. The van der Waals surface area contributed by atoms with Gasteiger partial charge in [0.25, 0.3) is 0 Å². The molecule has 0 saturated carbocycles. The summed E-state index contributed by atoms with van der Waals surface area (Å²) in [5, 5.41) is 1.48. The van der Waals surface area contributed by atoms with E-state index in [0.29, 0.717) is 0 Å². The van der Waals surface area contributed by atoms with Gasteiger partial charge in [-0.05, 0) is 25.7 Å². The molecule has 0 aromatic rings. The van der Waals surface area contributed by atoms with Gasteiger partial charge in [-0.2, -0.15) is 11.8 Å². The highest BCUT2D eigenvalue weighted by Crippen LogP contribution is 2.45. The monoisotopic (exact) mass is 171 g/mol. The molecule has 2 nitrogen and oxygen atoms in total. The van der Waals surface area contributed by atoms with E-state index in [-0.39, 0.29) is 11.8 Å². The largest absolute Gasteiger partial charge is 0.369 e. The Morgan fingerprint density at radius 1 is 1.27 bits per heavy atom. The summed E-state index contributed by atoms with van der Waals surface area (Å²) in [5.74, 6) is 0.107. The van der Waals surface area contributed by atoms with Gasteiger partial charge in [-0.3, -0.25) is 4.79 Å². The molecule has 0 spiro atoms. The Morgan fingerprint density at radius 3 is 2.27 bits per heavy atom. The first-order chi connectivity index (χ1) is 5.25. The van der Waals surface area contributed by atoms with Crippen LogP contribution in [-0.4, -0.2) is 16.4 Å². The van der Waals surface area contributed by atoms with Gasteiger partial charge >= 0.3 is 0 Å². The van der Waals surface area contributed by atoms with E-state index in [1.165, 1.54) is 12.8 Å². The molecule has 2 aliphatic rings. The number of fused-ring (bicyclic) bond motifs is 2. The van der Waals surface area contributed by atoms with Crippen LogP contribution >= 0.6 is 11.8 Å². The van der Waals surface area contributed by atoms with E-state index in [2.05, 4.69) is 11.8 Å². The molecule has 2 heterocycles. The summed E-state index contributed by atoms with van der Waals surface area (Å²) in [7, 11) is 0. The van der Waals surface area contributed by atoms with Crippen molar-refractivity contribution < 1.29 is 4.79 Å². The fourth-order valence-electron chi connectivity index (χ4n) is 2.09. The summed E-state index contributed by atoms with van der Waals surface area (Å²) in [4.78, 5) is 10.9. The number of rotatable bonds is 1. The molecule has 2 atom stereocenters. The molecule has 2 unspecified atom stereocenters. The Kier molecular flexibility index (Phi) is 1.83. The van der Waals surface area contributed by atoms with E-state index in [1.54, 1.807) is 0 Å². The molecule has 1 amide bonds. The molecule has 2 aliphatic heterocycles. The summed E-state index contributed by atoms with van der Waals surface area (Å²) >= 11 is 2.07. The van der Waals surface area contributed by atoms with E-state index in [0.717, 1.165) is 23.3 Å². The van der Waals surface area contributed by atoms with Crippen LogP contribution in [0.2, 0.25) is 0 Å². The lowest BCUT2D eigenvalue weighted by atomic mass is 9.99. The standard InChI is InChI=1S/C8H13NOS/c9-8(10)5-3-6-1-2-7(4-5)11-6/h5-7H,1-4H2,(H2,9,10). The van der Waals surface area contributed by atoms with E-state index in [4.69, 9.17) is 5.73 Å². The molecule has 0 aliphatic carbocycles. The van der Waals surface area contributed by atoms with Crippen LogP contribution in [-0.2, 0) is 4.79 Å². The van der Waals surface area contributed by atoms with Crippen LogP contribution in [0.5, 0.6) is 0 Å². The number of carbonyl (C=O) groups is 1. The van der Waals surface area contributed by atoms with Crippen molar-refractivity contribution >= 4 is 17.7 Å². The molecule has 2 rings (SSSR count). The van der Waals surface area contributed by atoms with Crippen molar-refractivity contribution in [2.75, 3.05) is 0 Å². The zero-order valence-electron chi connectivity index (χ0n) is 6.45. The van der Waals surface area contributed by atoms with Crippen molar-refractivity contribution in [2.45, 2.75) is 36.2 Å². The molecular weight excluding hydrogens is 158 g/mol. The third kappa shape index (κ3) is 1.39. The number of primary amides is 1. The summed E-state index contributed by atoms with van der Waals surface area (Å²) in [6, 6.07) is 0. The number of carbonyl (C=O) groups excluding carboxylic acids is 1. The predicted molar refractivity (Wildman–Crippen MR) is 46.3 cm³/mol. The minimum Gasteiger partial charge on any atom is -0.369 e. The van der Waals surface area contributed by atoms with E-state index >= 15 is 0 Å². The van der Waals surface area contributed by atoms with E-state index in [9.17, 15) is 4.79 Å². The van der Waals surface area contributed by atoms with Gasteiger partial charge in [-0.1, -0.05) is 0 Å². The minimum absolute atomic E-state index is 0.0813. The van der Waals surface area contributed by atoms with Crippen LogP contribution in [0.15, 0.2) is 0 Å². The second kappa shape index (κ2) is 2.70. The number of hydrogen-bond donors (Lipinski definition) is 1. The first-order valence-corrected chi connectivity index (χ1v) is 5.15. The van der Waals surface area contributed by atoms with Crippen LogP contribution in [0.4, 0.5) is 0 Å². The Labute approximate surface area is 70.9 Å². The second-order valence-electron chi connectivity index (χ2n) is 3.53. The SMILES string of the molecule is NC(=O)C1CC2CCC(C1)S2. The first-order valence-electron chi connectivity index (χ1n) is 4.20. The molecule has 2 N–H and O–H groups in total. The summed E-state index contributed by atoms with van der Waals surface area (Å²) < 4.78 is 0. The van der Waals surface area contributed by atoms with Crippen molar-refractivity contribution in [2.24, 2.45) is 11.7 Å². The second-order valence-corrected chi connectivity index (χ2v) is 5.13. The van der Waals surface area contributed by atoms with Crippen LogP contribution in [0, 0.1) is 5.92 Å². The highest BCUT2D eigenvalue weighted by atomic mass is 32.2. The van der Waals surface area contributed by atoms with Gasteiger partial charge in [0, 0.05) is 16.4 Å². The third-order valence-electron chi connectivity index (χ3n) is 2.69. The zero-order valence-corrected chi connectivity index (χ0v) is 7.27. The van der Waals surface area contributed by atoms with Crippen LogP contribution in [0.1, 0.15) is 25.7 Å². The number of nitrogens with two attached hydrogens (primary N) is 1. The third-order valence-corrected chi connectivity index (χ3v) is 4.32. The average Bonchev–Trinajstić information content (AvgIpc) is 2.30. The van der Waals surface area contributed by atoms with Gasteiger partial charge < -0.3 is 5.73 Å². The zero-order chi connectivity index (χ0) is 7.84. The summed E-state index contributed by atoms with van der Waals surface area (Å²) in [6.45, 7) is 0. The van der Waals surface area contributed by atoms with Gasteiger partial charge in [0.1, 0.15) is 0 Å². The smallest absolute Gasteiger partial charge is 0.220 e. The molecule has 0 aromatic carbocycles. The van der Waals surface area contributed by atoms with Gasteiger partial charge in [0.15, 0.2) is 0 Å². The molecule has 0 aromatic heterocycles. The normalized spacial score (nSPS) is 42.4. The highest BCUT2D eigenvalue weighted by molar-refractivity contribution is 8.00. The topological polar surface area (TPSA) is 43.1 Å². The van der Waals surface area contributed by atoms with Gasteiger partial charge in [0.2, 0.25) is 5.91 Å². The van der Waals surface area contributed by atoms with Crippen molar-refractivity contribution in [1.29, 1.82) is 0 Å². The van der Waals surface area contributed by atoms with Gasteiger partial charge in [-0.25, -0.2) is 0 Å². The number of thioether (sulfide) groups is 1. The van der Waals surface area contributed by atoms with Gasteiger partial charge in [0.05, 0.1) is 0 Å². The summed E-state index contributed by atoms with van der Waals surface area (Å²) in [5.41, 5.74) is 5.27. The summed E-state index contributed by atoms with van der Waals surface area (Å²) in [6.07, 6.45) is 4.69. The lowest BCUT2D eigenvalue weighted by Crippen LogP contribution is -2.29. The molecule has 62 valence electrons. The van der Waals surface area contributed by atoms with Crippen LogP contribution in [0.3, 0.4) is 0 Å². The Balaban J connectivity index is 2.02. The fraction of sp³-hybridized carbons (Fsp3) is 0.875.